The minimum absolute atomic E-state index is 0.0266. The second-order valence-electron chi connectivity index (χ2n) is 7.44. The van der Waals surface area contributed by atoms with E-state index < -0.39 is 22.6 Å². The van der Waals surface area contributed by atoms with Gasteiger partial charge in [-0.05, 0) is 52.5 Å². The Morgan fingerprint density at radius 3 is 2.50 bits per heavy atom. The molecule has 1 aromatic rings. The van der Waals surface area contributed by atoms with Gasteiger partial charge in [-0.3, -0.25) is 10.1 Å². The van der Waals surface area contributed by atoms with E-state index in [2.05, 4.69) is 10.6 Å². The van der Waals surface area contributed by atoms with Crippen molar-refractivity contribution in [2.45, 2.75) is 65.0 Å². The van der Waals surface area contributed by atoms with Crippen LogP contribution in [0.15, 0.2) is 18.2 Å². The molecule has 3 N–H and O–H groups in total. The summed E-state index contributed by atoms with van der Waals surface area (Å²) >= 11 is 0. The predicted octanol–water partition coefficient (Wildman–Crippen LogP) is 4.18. The van der Waals surface area contributed by atoms with Crippen LogP contribution in [0, 0.1) is 10.1 Å². The van der Waals surface area contributed by atoms with Gasteiger partial charge in [0.25, 0.3) is 5.69 Å². The molecule has 0 aliphatic carbocycles. The van der Waals surface area contributed by atoms with E-state index in [1.165, 1.54) is 18.2 Å². The molecule has 1 rings (SSSR count). The molecule has 156 valence electrons. The summed E-state index contributed by atoms with van der Waals surface area (Å²) in [5.74, 6) is -1.22. The van der Waals surface area contributed by atoms with Crippen LogP contribution in [0.2, 0.25) is 0 Å². The number of nitro groups is 1. The van der Waals surface area contributed by atoms with Crippen LogP contribution in [0.4, 0.5) is 16.2 Å². The van der Waals surface area contributed by atoms with Crippen molar-refractivity contribution < 1.29 is 24.4 Å². The third-order valence-electron chi connectivity index (χ3n) is 3.96. The number of rotatable bonds is 10. The summed E-state index contributed by atoms with van der Waals surface area (Å²) in [5, 5.41) is 26.3. The molecule has 0 heterocycles. The fourth-order valence-corrected chi connectivity index (χ4v) is 2.63. The van der Waals surface area contributed by atoms with Crippen molar-refractivity contribution in [1.29, 1.82) is 0 Å². The first kappa shape index (κ1) is 23.2. The van der Waals surface area contributed by atoms with Crippen LogP contribution in [0.5, 0.6) is 0 Å². The van der Waals surface area contributed by atoms with E-state index in [1.54, 1.807) is 20.8 Å². The number of carboxylic acid groups (broad SMARTS) is 1. The van der Waals surface area contributed by atoms with Gasteiger partial charge in [-0.2, -0.15) is 0 Å². The molecular weight excluding hydrogens is 366 g/mol. The van der Waals surface area contributed by atoms with Gasteiger partial charge in [0.1, 0.15) is 11.3 Å². The van der Waals surface area contributed by atoms with Gasteiger partial charge in [-0.1, -0.05) is 13.0 Å². The number of aromatic carboxylic acids is 1. The highest BCUT2D eigenvalue weighted by Gasteiger charge is 2.23. The van der Waals surface area contributed by atoms with Crippen LogP contribution in [-0.2, 0) is 4.74 Å². The number of ether oxygens (including phenoxy) is 1. The molecule has 0 fully saturated rings. The topological polar surface area (TPSA) is 131 Å². The highest BCUT2D eigenvalue weighted by atomic mass is 16.6. The first-order valence-electron chi connectivity index (χ1n) is 9.29. The lowest BCUT2D eigenvalue weighted by atomic mass is 10.0. The quantitative estimate of drug-likeness (QED) is 0.308. The minimum Gasteiger partial charge on any atom is -0.478 e. The number of unbranched alkanes of at least 4 members (excludes halogenated alkanes) is 1. The molecule has 1 aromatic carbocycles. The molecule has 28 heavy (non-hydrogen) atoms. The molecule has 0 saturated carbocycles. The first-order valence-corrected chi connectivity index (χ1v) is 9.29. The number of carbonyl (C=O) groups is 2. The van der Waals surface area contributed by atoms with E-state index >= 15 is 0 Å². The zero-order valence-corrected chi connectivity index (χ0v) is 16.8. The van der Waals surface area contributed by atoms with E-state index in [0.29, 0.717) is 25.8 Å². The van der Waals surface area contributed by atoms with Crippen LogP contribution >= 0.6 is 0 Å². The number of hydrogen-bond acceptors (Lipinski definition) is 6. The lowest BCUT2D eigenvalue weighted by molar-refractivity contribution is -0.384. The SMILES string of the molecule is CCC(CCCCNC(=O)OC(C)(C)C)Nc1c(C(=O)O)cccc1[N+](=O)[O-]. The van der Waals surface area contributed by atoms with Gasteiger partial charge in [0.15, 0.2) is 0 Å². The molecule has 0 spiro atoms. The van der Waals surface area contributed by atoms with Crippen molar-refractivity contribution in [3.63, 3.8) is 0 Å². The Balaban J connectivity index is 2.61. The fraction of sp³-hybridized carbons (Fsp3) is 0.579. The van der Waals surface area contributed by atoms with E-state index in [0.717, 1.165) is 6.42 Å². The Morgan fingerprint density at radius 1 is 1.29 bits per heavy atom. The Bertz CT molecular complexity index is 667. The molecule has 1 atom stereocenters. The van der Waals surface area contributed by atoms with Crippen molar-refractivity contribution in [3.8, 4) is 0 Å². The van der Waals surface area contributed by atoms with Gasteiger partial charge < -0.3 is 20.5 Å². The average molecular weight is 395 g/mol. The van der Waals surface area contributed by atoms with Gasteiger partial charge in [0, 0.05) is 18.7 Å². The number of nitrogens with zero attached hydrogens (tertiary/aromatic N) is 1. The number of benzene rings is 1. The summed E-state index contributed by atoms with van der Waals surface area (Å²) in [6, 6.07) is 3.86. The number of amides is 1. The molecular formula is C19H29N3O6. The second kappa shape index (κ2) is 10.5. The fourth-order valence-electron chi connectivity index (χ4n) is 2.63. The van der Waals surface area contributed by atoms with Crippen LogP contribution in [0.25, 0.3) is 0 Å². The van der Waals surface area contributed by atoms with Crippen LogP contribution in [0.3, 0.4) is 0 Å². The van der Waals surface area contributed by atoms with Crippen LogP contribution in [0.1, 0.15) is 63.7 Å². The first-order chi connectivity index (χ1) is 13.0. The van der Waals surface area contributed by atoms with Crippen molar-refractivity contribution in [2.75, 3.05) is 11.9 Å². The number of hydrogen-bond donors (Lipinski definition) is 3. The molecule has 0 aliphatic heterocycles. The summed E-state index contributed by atoms with van der Waals surface area (Å²) in [6.07, 6.45) is 2.34. The van der Waals surface area contributed by atoms with E-state index in [1.807, 2.05) is 6.92 Å². The normalized spacial score (nSPS) is 12.1. The maximum Gasteiger partial charge on any atom is 0.407 e. The van der Waals surface area contributed by atoms with E-state index in [4.69, 9.17) is 4.74 Å². The summed E-state index contributed by atoms with van der Waals surface area (Å²) in [5.41, 5.74) is -0.906. The van der Waals surface area contributed by atoms with Crippen LogP contribution in [-0.4, -0.2) is 40.3 Å². The van der Waals surface area contributed by atoms with Gasteiger partial charge in [-0.15, -0.1) is 0 Å². The van der Waals surface area contributed by atoms with Crippen molar-refractivity contribution in [3.05, 3.63) is 33.9 Å². The maximum atomic E-state index is 11.6. The molecule has 0 aliphatic rings. The van der Waals surface area contributed by atoms with E-state index in [9.17, 15) is 24.8 Å². The largest absolute Gasteiger partial charge is 0.478 e. The molecule has 9 heteroatoms. The smallest absolute Gasteiger partial charge is 0.407 e. The van der Waals surface area contributed by atoms with Crippen LogP contribution < -0.4 is 10.6 Å². The summed E-state index contributed by atoms with van der Waals surface area (Å²) in [7, 11) is 0. The number of nitro benzene ring substituents is 1. The lowest BCUT2D eigenvalue weighted by Crippen LogP contribution is -2.33. The Morgan fingerprint density at radius 2 is 1.96 bits per heavy atom. The summed E-state index contributed by atoms with van der Waals surface area (Å²) < 4.78 is 5.15. The zero-order chi connectivity index (χ0) is 21.3. The van der Waals surface area contributed by atoms with Gasteiger partial charge in [0.2, 0.25) is 0 Å². The van der Waals surface area contributed by atoms with Crippen molar-refractivity contribution in [1.82, 2.24) is 5.32 Å². The highest BCUT2D eigenvalue weighted by Crippen LogP contribution is 2.30. The Hall–Kier alpha value is -2.84. The average Bonchev–Trinajstić information content (AvgIpc) is 2.58. The number of alkyl carbamates (subject to hydrolysis) is 1. The van der Waals surface area contributed by atoms with Crippen molar-refractivity contribution in [2.24, 2.45) is 0 Å². The third-order valence-corrected chi connectivity index (χ3v) is 3.96. The van der Waals surface area contributed by atoms with Gasteiger partial charge >= 0.3 is 12.1 Å². The molecule has 9 nitrogen and oxygen atoms in total. The molecule has 1 amide bonds. The molecule has 0 saturated heterocycles. The number of anilines is 1. The molecule has 0 bridgehead atoms. The number of carboxylic acids is 1. The number of nitrogens with one attached hydrogen (secondary N) is 2. The maximum absolute atomic E-state index is 11.6. The Kier molecular flexibility index (Phi) is 8.69. The summed E-state index contributed by atoms with van der Waals surface area (Å²) in [6.45, 7) is 7.75. The number of carbonyl (C=O) groups excluding carboxylic acids is 1. The summed E-state index contributed by atoms with van der Waals surface area (Å²) in [4.78, 5) is 33.7. The second-order valence-corrected chi connectivity index (χ2v) is 7.44. The van der Waals surface area contributed by atoms with E-state index in [-0.39, 0.29) is 23.0 Å². The monoisotopic (exact) mass is 395 g/mol. The van der Waals surface area contributed by atoms with Gasteiger partial charge in [-0.25, -0.2) is 9.59 Å². The standard InChI is InChI=1S/C19H29N3O6/c1-5-13(9-6-7-12-20-18(25)28-19(2,3)4)21-16-14(17(23)24)10-8-11-15(16)22(26)27/h8,10-11,13,21H,5-7,9,12H2,1-4H3,(H,20,25)(H,23,24). The predicted molar refractivity (Wildman–Crippen MR) is 106 cm³/mol. The van der Waals surface area contributed by atoms with Gasteiger partial charge in [0.05, 0.1) is 10.5 Å². The molecule has 1 unspecified atom stereocenters. The molecule has 0 aromatic heterocycles. The zero-order valence-electron chi connectivity index (χ0n) is 16.8. The van der Waals surface area contributed by atoms with Crippen molar-refractivity contribution >= 4 is 23.4 Å². The minimum atomic E-state index is -1.22. The highest BCUT2D eigenvalue weighted by molar-refractivity contribution is 5.96. The molecule has 0 radical (unpaired) electrons. The third kappa shape index (κ3) is 7.81. The number of para-hydroxylation sites is 1. The Labute approximate surface area is 164 Å². The lowest BCUT2D eigenvalue weighted by Gasteiger charge is -2.20.